The van der Waals surface area contributed by atoms with E-state index in [1.807, 2.05) is 0 Å². The van der Waals surface area contributed by atoms with Crippen LogP contribution in [0.5, 0.6) is 0 Å². The Labute approximate surface area is 90.9 Å². The van der Waals surface area contributed by atoms with Gasteiger partial charge in [0, 0.05) is 11.6 Å². The summed E-state index contributed by atoms with van der Waals surface area (Å²) < 4.78 is 0. The molecule has 1 aromatic heterocycles. The Bertz CT molecular complexity index is 324. The van der Waals surface area contributed by atoms with E-state index in [1.54, 1.807) is 0 Å². The number of aromatic nitrogens is 2. The van der Waals surface area contributed by atoms with E-state index in [1.165, 1.54) is 11.4 Å². The first kappa shape index (κ1) is 10.7. The Balaban J connectivity index is 2.09. The van der Waals surface area contributed by atoms with Crippen LogP contribution in [0, 0.1) is 6.92 Å². The molecule has 1 aliphatic rings. The summed E-state index contributed by atoms with van der Waals surface area (Å²) in [4.78, 5) is 8.03. The normalized spacial score (nSPS) is 26.9. The molecule has 0 spiro atoms. The minimum atomic E-state index is -0.0806. The highest BCUT2D eigenvalue weighted by molar-refractivity contribution is 5.15. The molecule has 0 bridgehead atoms. The fourth-order valence-corrected chi connectivity index (χ4v) is 2.41. The summed E-state index contributed by atoms with van der Waals surface area (Å²) in [6.45, 7) is 4.23. The van der Waals surface area contributed by atoms with Crippen molar-refractivity contribution in [2.75, 3.05) is 0 Å². The Hall–Kier alpha value is -0.830. The molecule has 2 rings (SSSR count). The van der Waals surface area contributed by atoms with Gasteiger partial charge in [0.15, 0.2) is 0 Å². The Morgan fingerprint density at radius 3 is 2.53 bits per heavy atom. The first-order valence-corrected chi connectivity index (χ1v) is 5.94. The van der Waals surface area contributed by atoms with E-state index in [9.17, 15) is 5.11 Å². The second-order valence-electron chi connectivity index (χ2n) is 4.55. The zero-order valence-corrected chi connectivity index (χ0v) is 9.58. The number of aliphatic hydroxyl groups is 1. The molecule has 0 saturated heterocycles. The number of H-pyrrole nitrogens is 1. The van der Waals surface area contributed by atoms with Crippen LogP contribution in [-0.2, 0) is 6.42 Å². The van der Waals surface area contributed by atoms with Crippen LogP contribution in [0.4, 0.5) is 0 Å². The lowest BCUT2D eigenvalue weighted by Gasteiger charge is -2.23. The number of nitrogens with zero attached hydrogens (tertiary/aromatic N) is 1. The summed E-state index contributed by atoms with van der Waals surface area (Å²) in [7, 11) is 0. The maximum absolute atomic E-state index is 9.45. The molecule has 0 radical (unpaired) electrons. The molecule has 1 aromatic rings. The topological polar surface area (TPSA) is 48.9 Å². The summed E-state index contributed by atoms with van der Waals surface area (Å²) >= 11 is 0. The van der Waals surface area contributed by atoms with Gasteiger partial charge in [-0.25, -0.2) is 4.98 Å². The fraction of sp³-hybridized carbons (Fsp3) is 0.750. The van der Waals surface area contributed by atoms with Crippen molar-refractivity contribution in [1.82, 2.24) is 9.97 Å². The number of aromatic amines is 1. The lowest BCUT2D eigenvalue weighted by atomic mass is 9.87. The minimum absolute atomic E-state index is 0.0806. The van der Waals surface area contributed by atoms with Crippen molar-refractivity contribution >= 4 is 0 Å². The zero-order valence-electron chi connectivity index (χ0n) is 9.58. The molecule has 0 aromatic carbocycles. The van der Waals surface area contributed by atoms with E-state index in [2.05, 4.69) is 23.8 Å². The molecule has 3 nitrogen and oxygen atoms in total. The van der Waals surface area contributed by atoms with Crippen LogP contribution in [0.1, 0.15) is 55.7 Å². The quantitative estimate of drug-likeness (QED) is 0.783. The average molecular weight is 208 g/mol. The molecule has 1 fully saturated rings. The van der Waals surface area contributed by atoms with Crippen LogP contribution in [0.2, 0.25) is 0 Å². The third-order valence-electron chi connectivity index (χ3n) is 3.42. The molecule has 2 N–H and O–H groups in total. The van der Waals surface area contributed by atoms with Crippen molar-refractivity contribution in [3.63, 3.8) is 0 Å². The van der Waals surface area contributed by atoms with Crippen molar-refractivity contribution in [2.24, 2.45) is 0 Å². The fourth-order valence-electron chi connectivity index (χ4n) is 2.41. The van der Waals surface area contributed by atoms with Gasteiger partial charge in [0.2, 0.25) is 0 Å². The zero-order chi connectivity index (χ0) is 10.8. The lowest BCUT2D eigenvalue weighted by molar-refractivity contribution is 0.121. The van der Waals surface area contributed by atoms with Gasteiger partial charge in [-0.3, -0.25) is 0 Å². The van der Waals surface area contributed by atoms with Crippen molar-refractivity contribution in [2.45, 2.75) is 58.0 Å². The summed E-state index contributed by atoms with van der Waals surface area (Å²) in [5.41, 5.74) is 2.40. The maximum Gasteiger partial charge on any atom is 0.109 e. The van der Waals surface area contributed by atoms with Gasteiger partial charge in [-0.1, -0.05) is 6.92 Å². The van der Waals surface area contributed by atoms with E-state index < -0.39 is 0 Å². The number of rotatable bonds is 2. The Kier molecular flexibility index (Phi) is 3.10. The number of hydrogen-bond donors (Lipinski definition) is 2. The molecule has 1 heterocycles. The van der Waals surface area contributed by atoms with Crippen molar-refractivity contribution in [3.05, 3.63) is 17.2 Å². The highest BCUT2D eigenvalue weighted by Gasteiger charge is 2.23. The number of imidazole rings is 1. The molecule has 0 unspecified atom stereocenters. The maximum atomic E-state index is 9.45. The molecule has 84 valence electrons. The molecular formula is C12H20N2O. The van der Waals surface area contributed by atoms with Crippen molar-refractivity contribution in [3.8, 4) is 0 Å². The van der Waals surface area contributed by atoms with E-state index in [0.29, 0.717) is 5.92 Å². The standard InChI is InChI=1S/C12H20N2O/c1-3-11-8(2)13-12(14-11)9-4-6-10(15)7-5-9/h9-10,15H,3-7H2,1-2H3,(H,13,14). The smallest absolute Gasteiger partial charge is 0.109 e. The number of aryl methyl sites for hydroxylation is 2. The van der Waals surface area contributed by atoms with Gasteiger partial charge in [-0.05, 0) is 39.0 Å². The second-order valence-corrected chi connectivity index (χ2v) is 4.55. The van der Waals surface area contributed by atoms with Crippen LogP contribution in [0.15, 0.2) is 0 Å². The Morgan fingerprint density at radius 1 is 1.33 bits per heavy atom. The number of hydrogen-bond acceptors (Lipinski definition) is 2. The van der Waals surface area contributed by atoms with E-state index >= 15 is 0 Å². The van der Waals surface area contributed by atoms with Crippen LogP contribution in [0.25, 0.3) is 0 Å². The van der Waals surface area contributed by atoms with E-state index in [0.717, 1.165) is 37.9 Å². The van der Waals surface area contributed by atoms with Gasteiger partial charge in [0.25, 0.3) is 0 Å². The molecule has 0 aliphatic heterocycles. The lowest BCUT2D eigenvalue weighted by Crippen LogP contribution is -2.17. The Morgan fingerprint density at radius 2 is 2.00 bits per heavy atom. The summed E-state index contributed by atoms with van der Waals surface area (Å²) in [6, 6.07) is 0. The predicted octanol–water partition coefficient (Wildman–Crippen LogP) is 2.30. The first-order chi connectivity index (χ1) is 7.20. The van der Waals surface area contributed by atoms with Crippen LogP contribution >= 0.6 is 0 Å². The summed E-state index contributed by atoms with van der Waals surface area (Å²) in [5.74, 6) is 1.67. The molecular weight excluding hydrogens is 188 g/mol. The third kappa shape index (κ3) is 2.23. The predicted molar refractivity (Wildman–Crippen MR) is 59.9 cm³/mol. The number of aliphatic hydroxyl groups excluding tert-OH is 1. The average Bonchev–Trinajstić information content (AvgIpc) is 2.61. The first-order valence-electron chi connectivity index (χ1n) is 5.94. The molecule has 3 heteroatoms. The van der Waals surface area contributed by atoms with Crippen LogP contribution in [0.3, 0.4) is 0 Å². The summed E-state index contributed by atoms with van der Waals surface area (Å²) in [6.07, 6.45) is 4.90. The SMILES string of the molecule is CCc1nc(C2CCC(O)CC2)[nH]c1C. The van der Waals surface area contributed by atoms with E-state index in [4.69, 9.17) is 0 Å². The molecule has 0 atom stereocenters. The van der Waals surface area contributed by atoms with Crippen LogP contribution < -0.4 is 0 Å². The van der Waals surface area contributed by atoms with Crippen LogP contribution in [-0.4, -0.2) is 21.2 Å². The van der Waals surface area contributed by atoms with Gasteiger partial charge >= 0.3 is 0 Å². The molecule has 1 aliphatic carbocycles. The highest BCUT2D eigenvalue weighted by atomic mass is 16.3. The third-order valence-corrected chi connectivity index (χ3v) is 3.42. The molecule has 0 amide bonds. The number of nitrogens with one attached hydrogen (secondary N) is 1. The minimum Gasteiger partial charge on any atom is -0.393 e. The molecule has 1 saturated carbocycles. The van der Waals surface area contributed by atoms with E-state index in [-0.39, 0.29) is 6.10 Å². The second kappa shape index (κ2) is 4.35. The van der Waals surface area contributed by atoms with Gasteiger partial charge in [0.1, 0.15) is 5.82 Å². The molecule has 15 heavy (non-hydrogen) atoms. The van der Waals surface area contributed by atoms with Gasteiger partial charge in [-0.2, -0.15) is 0 Å². The van der Waals surface area contributed by atoms with Gasteiger partial charge in [0.05, 0.1) is 11.8 Å². The highest BCUT2D eigenvalue weighted by Crippen LogP contribution is 2.31. The van der Waals surface area contributed by atoms with Crippen molar-refractivity contribution in [1.29, 1.82) is 0 Å². The van der Waals surface area contributed by atoms with Gasteiger partial charge in [-0.15, -0.1) is 0 Å². The monoisotopic (exact) mass is 208 g/mol. The summed E-state index contributed by atoms with van der Waals surface area (Å²) in [5, 5.41) is 9.45. The largest absolute Gasteiger partial charge is 0.393 e. The van der Waals surface area contributed by atoms with Crippen molar-refractivity contribution < 1.29 is 5.11 Å². The van der Waals surface area contributed by atoms with Gasteiger partial charge < -0.3 is 10.1 Å².